The third-order valence-corrected chi connectivity index (χ3v) is 5.37. The molecule has 0 aromatic rings. The molecule has 1 nitrogen and oxygen atoms in total. The third-order valence-electron chi connectivity index (χ3n) is 5.37. The minimum absolute atomic E-state index is 0.368. The summed E-state index contributed by atoms with van der Waals surface area (Å²) >= 11 is 0. The van der Waals surface area contributed by atoms with E-state index in [1.807, 2.05) is 0 Å². The van der Waals surface area contributed by atoms with Gasteiger partial charge in [-0.05, 0) is 76.0 Å². The van der Waals surface area contributed by atoms with E-state index in [-0.39, 0.29) is 0 Å². The van der Waals surface area contributed by atoms with Crippen molar-refractivity contribution in [1.82, 2.24) is 0 Å². The number of nitrogens with zero attached hydrogens (tertiary/aromatic N) is 1. The number of nitriles is 1. The van der Waals surface area contributed by atoms with Gasteiger partial charge in [-0.2, -0.15) is 5.26 Å². The van der Waals surface area contributed by atoms with E-state index in [0.29, 0.717) is 5.92 Å². The Morgan fingerprint density at radius 1 is 0.895 bits per heavy atom. The van der Waals surface area contributed by atoms with Crippen molar-refractivity contribution in [2.75, 3.05) is 0 Å². The second kappa shape index (κ2) is 7.73. The van der Waals surface area contributed by atoms with Crippen LogP contribution in [0.4, 0.5) is 0 Å². The Hall–Kier alpha value is -0.770. The molecule has 0 N–H and O–H groups in total. The van der Waals surface area contributed by atoms with Gasteiger partial charge in [0.15, 0.2) is 0 Å². The highest BCUT2D eigenvalue weighted by atomic mass is 14.3. The van der Waals surface area contributed by atoms with Crippen LogP contribution in [0.2, 0.25) is 0 Å². The van der Waals surface area contributed by atoms with Gasteiger partial charge < -0.3 is 0 Å². The lowest BCUT2D eigenvalue weighted by atomic mass is 9.76. The SMILES string of the molecule is C/C=C/[C@H]1CC[C@H](CCC2CCC(C#N)CC2)CC1. The molecule has 0 bridgehead atoms. The van der Waals surface area contributed by atoms with Crippen LogP contribution in [-0.2, 0) is 0 Å². The minimum Gasteiger partial charge on any atom is -0.198 e. The predicted molar refractivity (Wildman–Crippen MR) is 80.6 cm³/mol. The van der Waals surface area contributed by atoms with Crippen molar-refractivity contribution in [1.29, 1.82) is 5.26 Å². The van der Waals surface area contributed by atoms with Crippen LogP contribution in [0.5, 0.6) is 0 Å². The standard InChI is InChI=1S/C18H29N/c1-2-3-15-4-6-16(7-5-15)8-9-17-10-12-18(14-19)13-11-17/h2-3,15-18H,4-13H2,1H3/b3-2+/t15-,16-,17?,18?. The highest BCUT2D eigenvalue weighted by Crippen LogP contribution is 2.36. The molecule has 0 aliphatic heterocycles. The molecule has 0 amide bonds. The summed E-state index contributed by atoms with van der Waals surface area (Å²) in [7, 11) is 0. The van der Waals surface area contributed by atoms with Gasteiger partial charge in [-0.3, -0.25) is 0 Å². The Morgan fingerprint density at radius 2 is 1.42 bits per heavy atom. The van der Waals surface area contributed by atoms with Crippen LogP contribution >= 0.6 is 0 Å². The van der Waals surface area contributed by atoms with E-state index in [9.17, 15) is 0 Å². The first-order valence-electron chi connectivity index (χ1n) is 8.34. The topological polar surface area (TPSA) is 23.8 Å². The molecule has 0 unspecified atom stereocenters. The van der Waals surface area contributed by atoms with Crippen molar-refractivity contribution in [2.45, 2.75) is 71.1 Å². The number of hydrogen-bond donors (Lipinski definition) is 0. The molecule has 0 radical (unpaired) electrons. The van der Waals surface area contributed by atoms with Crippen molar-refractivity contribution >= 4 is 0 Å². The maximum absolute atomic E-state index is 8.92. The molecule has 0 atom stereocenters. The Kier molecular flexibility index (Phi) is 5.95. The largest absolute Gasteiger partial charge is 0.198 e. The molecule has 2 fully saturated rings. The Balaban J connectivity index is 1.61. The summed E-state index contributed by atoms with van der Waals surface area (Å²) in [6.45, 7) is 2.14. The Bertz CT molecular complexity index is 309. The molecular formula is C18H29N. The van der Waals surface area contributed by atoms with E-state index in [1.165, 1.54) is 51.4 Å². The first-order valence-corrected chi connectivity index (χ1v) is 8.34. The maximum atomic E-state index is 8.92. The fraction of sp³-hybridized carbons (Fsp3) is 0.833. The summed E-state index contributed by atoms with van der Waals surface area (Å²) in [6.07, 6.45) is 18.2. The quantitative estimate of drug-likeness (QED) is 0.613. The molecule has 2 aliphatic carbocycles. The molecule has 2 aliphatic rings. The van der Waals surface area contributed by atoms with Gasteiger partial charge in [0.25, 0.3) is 0 Å². The Morgan fingerprint density at radius 3 is 1.89 bits per heavy atom. The molecule has 19 heavy (non-hydrogen) atoms. The van der Waals surface area contributed by atoms with Crippen LogP contribution in [0.1, 0.15) is 71.1 Å². The zero-order valence-electron chi connectivity index (χ0n) is 12.5. The molecule has 0 heterocycles. The summed E-state index contributed by atoms with van der Waals surface area (Å²) < 4.78 is 0. The van der Waals surface area contributed by atoms with Crippen molar-refractivity contribution in [3.8, 4) is 6.07 Å². The monoisotopic (exact) mass is 259 g/mol. The highest BCUT2D eigenvalue weighted by Gasteiger charge is 2.23. The normalized spacial score (nSPS) is 36.2. The fourth-order valence-corrected chi connectivity index (χ4v) is 3.99. The lowest BCUT2D eigenvalue weighted by molar-refractivity contribution is 0.242. The molecule has 0 aromatic carbocycles. The van der Waals surface area contributed by atoms with E-state index >= 15 is 0 Å². The summed E-state index contributed by atoms with van der Waals surface area (Å²) in [5.41, 5.74) is 0. The smallest absolute Gasteiger partial charge is 0.0655 e. The third kappa shape index (κ3) is 4.68. The molecule has 2 rings (SSSR count). The van der Waals surface area contributed by atoms with Crippen molar-refractivity contribution in [3.05, 3.63) is 12.2 Å². The predicted octanol–water partition coefficient (Wildman–Crippen LogP) is 5.48. The summed E-state index contributed by atoms with van der Waals surface area (Å²) in [5, 5.41) is 8.92. The zero-order chi connectivity index (χ0) is 13.5. The van der Waals surface area contributed by atoms with Crippen LogP contribution in [-0.4, -0.2) is 0 Å². The van der Waals surface area contributed by atoms with Gasteiger partial charge in [-0.15, -0.1) is 0 Å². The van der Waals surface area contributed by atoms with Gasteiger partial charge in [0.1, 0.15) is 0 Å². The van der Waals surface area contributed by atoms with Crippen LogP contribution in [0.3, 0.4) is 0 Å². The highest BCUT2D eigenvalue weighted by molar-refractivity contribution is 4.89. The zero-order valence-corrected chi connectivity index (χ0v) is 12.5. The average molecular weight is 259 g/mol. The second-order valence-corrected chi connectivity index (χ2v) is 6.73. The summed E-state index contributed by atoms with van der Waals surface area (Å²) in [5.74, 6) is 3.16. The van der Waals surface area contributed by atoms with Crippen LogP contribution in [0.15, 0.2) is 12.2 Å². The van der Waals surface area contributed by atoms with Gasteiger partial charge in [0.2, 0.25) is 0 Å². The average Bonchev–Trinajstić information content (AvgIpc) is 2.47. The molecule has 106 valence electrons. The van der Waals surface area contributed by atoms with E-state index in [2.05, 4.69) is 25.1 Å². The van der Waals surface area contributed by atoms with Gasteiger partial charge >= 0.3 is 0 Å². The van der Waals surface area contributed by atoms with Gasteiger partial charge in [-0.1, -0.05) is 25.0 Å². The van der Waals surface area contributed by atoms with Crippen LogP contribution in [0.25, 0.3) is 0 Å². The van der Waals surface area contributed by atoms with Crippen LogP contribution in [0, 0.1) is 35.0 Å². The fourth-order valence-electron chi connectivity index (χ4n) is 3.99. The lowest BCUT2D eigenvalue weighted by Gasteiger charge is -2.30. The first-order chi connectivity index (χ1) is 9.31. The number of allylic oxidation sites excluding steroid dienone is 2. The van der Waals surface area contributed by atoms with E-state index in [1.54, 1.807) is 0 Å². The van der Waals surface area contributed by atoms with Crippen LogP contribution < -0.4 is 0 Å². The molecule has 2 saturated carbocycles. The van der Waals surface area contributed by atoms with Crippen molar-refractivity contribution in [3.63, 3.8) is 0 Å². The van der Waals surface area contributed by atoms with E-state index in [0.717, 1.165) is 30.6 Å². The lowest BCUT2D eigenvalue weighted by Crippen LogP contribution is -2.17. The number of rotatable bonds is 4. The first kappa shape index (κ1) is 14.6. The molecule has 0 spiro atoms. The number of hydrogen-bond acceptors (Lipinski definition) is 1. The van der Waals surface area contributed by atoms with Gasteiger partial charge in [0.05, 0.1) is 6.07 Å². The molecular weight excluding hydrogens is 230 g/mol. The van der Waals surface area contributed by atoms with Gasteiger partial charge in [0, 0.05) is 5.92 Å². The van der Waals surface area contributed by atoms with E-state index < -0.39 is 0 Å². The summed E-state index contributed by atoms with van der Waals surface area (Å²) in [4.78, 5) is 0. The van der Waals surface area contributed by atoms with Gasteiger partial charge in [-0.25, -0.2) is 0 Å². The second-order valence-electron chi connectivity index (χ2n) is 6.73. The van der Waals surface area contributed by atoms with Crippen molar-refractivity contribution in [2.24, 2.45) is 23.7 Å². The summed E-state index contributed by atoms with van der Waals surface area (Å²) in [6, 6.07) is 2.44. The minimum atomic E-state index is 0.368. The molecule has 1 heteroatoms. The maximum Gasteiger partial charge on any atom is 0.0655 e. The Labute approximate surface area is 119 Å². The van der Waals surface area contributed by atoms with E-state index in [4.69, 9.17) is 5.26 Å². The van der Waals surface area contributed by atoms with Crippen molar-refractivity contribution < 1.29 is 0 Å². The molecule has 0 aromatic heterocycles. The molecule has 0 saturated heterocycles.